The van der Waals surface area contributed by atoms with E-state index in [9.17, 15) is 0 Å². The molecular weight excluding hydrogens is 362 g/mol. The first-order valence-electron chi connectivity index (χ1n) is 9.23. The van der Waals surface area contributed by atoms with Gasteiger partial charge in [0.2, 0.25) is 0 Å². The number of pyridine rings is 3. The maximum absolute atomic E-state index is 6.39. The van der Waals surface area contributed by atoms with Gasteiger partial charge >= 0.3 is 0 Å². The molecule has 29 heavy (non-hydrogen) atoms. The summed E-state index contributed by atoms with van der Waals surface area (Å²) in [4.78, 5) is 13.6. The van der Waals surface area contributed by atoms with E-state index in [4.69, 9.17) is 14.5 Å². The van der Waals surface area contributed by atoms with Gasteiger partial charge in [-0.3, -0.25) is 4.98 Å². The standard InChI is InChI=1S/C24H17N3O2/c1-28-18-9-10-19-20(15-18)25-13-11-21(19)29-22-14-17-8-5-12-26-24(17)27-23(22)16-6-3-2-4-7-16/h2-15H,1H3. The Hall–Kier alpha value is -3.99. The van der Waals surface area contributed by atoms with Crippen LogP contribution in [0.4, 0.5) is 0 Å². The number of methoxy groups -OCH3 is 1. The SMILES string of the molecule is COc1ccc2c(Oc3cc4cccnc4nc3-c3ccccc3)ccnc2c1. The Morgan fingerprint density at radius 2 is 1.66 bits per heavy atom. The minimum Gasteiger partial charge on any atom is -0.497 e. The van der Waals surface area contributed by atoms with Gasteiger partial charge in [0.15, 0.2) is 11.4 Å². The summed E-state index contributed by atoms with van der Waals surface area (Å²) in [5.74, 6) is 2.13. The fourth-order valence-corrected chi connectivity index (χ4v) is 3.30. The molecule has 0 fully saturated rings. The van der Waals surface area contributed by atoms with Gasteiger partial charge in [-0.25, -0.2) is 9.97 Å². The van der Waals surface area contributed by atoms with Gasteiger partial charge in [-0.05, 0) is 36.4 Å². The van der Waals surface area contributed by atoms with Crippen LogP contribution in [0, 0.1) is 0 Å². The van der Waals surface area contributed by atoms with E-state index < -0.39 is 0 Å². The second-order valence-corrected chi connectivity index (χ2v) is 6.55. The molecule has 2 aromatic carbocycles. The number of rotatable bonds is 4. The number of hydrogen-bond donors (Lipinski definition) is 0. The molecule has 0 bridgehead atoms. The van der Waals surface area contributed by atoms with Crippen LogP contribution in [0.1, 0.15) is 0 Å². The van der Waals surface area contributed by atoms with Crippen molar-refractivity contribution in [1.82, 2.24) is 15.0 Å². The number of nitrogens with zero attached hydrogens (tertiary/aromatic N) is 3. The molecule has 0 atom stereocenters. The first kappa shape index (κ1) is 17.1. The van der Waals surface area contributed by atoms with Crippen molar-refractivity contribution in [1.29, 1.82) is 0 Å². The summed E-state index contributed by atoms with van der Waals surface area (Å²) >= 11 is 0. The van der Waals surface area contributed by atoms with Gasteiger partial charge in [0.1, 0.15) is 17.2 Å². The molecule has 3 aromatic heterocycles. The molecule has 5 aromatic rings. The quantitative estimate of drug-likeness (QED) is 0.404. The summed E-state index contributed by atoms with van der Waals surface area (Å²) in [5.41, 5.74) is 3.20. The first-order chi connectivity index (χ1) is 14.3. The van der Waals surface area contributed by atoms with Crippen LogP contribution in [0.25, 0.3) is 33.2 Å². The van der Waals surface area contributed by atoms with Crippen LogP contribution in [-0.4, -0.2) is 22.1 Å². The van der Waals surface area contributed by atoms with E-state index in [2.05, 4.69) is 9.97 Å². The summed E-state index contributed by atoms with van der Waals surface area (Å²) in [6.45, 7) is 0. The van der Waals surface area contributed by atoms with E-state index in [0.29, 0.717) is 17.1 Å². The molecule has 0 amide bonds. The van der Waals surface area contributed by atoms with Crippen LogP contribution in [0.15, 0.2) is 85.2 Å². The Balaban J connectivity index is 1.68. The zero-order valence-corrected chi connectivity index (χ0v) is 15.7. The van der Waals surface area contributed by atoms with Gasteiger partial charge in [-0.1, -0.05) is 30.3 Å². The van der Waals surface area contributed by atoms with E-state index in [1.807, 2.05) is 72.8 Å². The molecule has 0 saturated heterocycles. The van der Waals surface area contributed by atoms with Gasteiger partial charge in [-0.2, -0.15) is 0 Å². The Bertz CT molecular complexity index is 1320. The monoisotopic (exact) mass is 379 g/mol. The Labute approximate surface area is 167 Å². The highest BCUT2D eigenvalue weighted by Gasteiger charge is 2.14. The summed E-state index contributed by atoms with van der Waals surface area (Å²) in [6, 6.07) is 23.4. The second kappa shape index (κ2) is 7.20. The fraction of sp³-hybridized carbons (Fsp3) is 0.0417. The topological polar surface area (TPSA) is 57.1 Å². The van der Waals surface area contributed by atoms with Crippen LogP contribution in [0.2, 0.25) is 0 Å². The summed E-state index contributed by atoms with van der Waals surface area (Å²) in [5, 5.41) is 1.82. The normalized spacial score (nSPS) is 10.9. The van der Waals surface area contributed by atoms with Crippen molar-refractivity contribution in [3.63, 3.8) is 0 Å². The molecule has 0 unspecified atom stereocenters. The van der Waals surface area contributed by atoms with Gasteiger partial charge < -0.3 is 9.47 Å². The molecule has 3 heterocycles. The van der Waals surface area contributed by atoms with E-state index in [0.717, 1.165) is 33.3 Å². The van der Waals surface area contributed by atoms with Gasteiger partial charge in [0, 0.05) is 34.8 Å². The van der Waals surface area contributed by atoms with E-state index >= 15 is 0 Å². The van der Waals surface area contributed by atoms with Crippen molar-refractivity contribution in [2.24, 2.45) is 0 Å². The smallest absolute Gasteiger partial charge is 0.160 e. The van der Waals surface area contributed by atoms with Crippen molar-refractivity contribution < 1.29 is 9.47 Å². The molecule has 5 heteroatoms. The minimum atomic E-state index is 0.667. The van der Waals surface area contributed by atoms with Crippen LogP contribution < -0.4 is 9.47 Å². The lowest BCUT2D eigenvalue weighted by Crippen LogP contribution is -1.95. The molecule has 5 rings (SSSR count). The van der Waals surface area contributed by atoms with Gasteiger partial charge in [-0.15, -0.1) is 0 Å². The average Bonchev–Trinajstić information content (AvgIpc) is 2.79. The van der Waals surface area contributed by atoms with Gasteiger partial charge in [0.25, 0.3) is 0 Å². The third-order valence-electron chi connectivity index (χ3n) is 4.73. The van der Waals surface area contributed by atoms with Crippen molar-refractivity contribution >= 4 is 21.9 Å². The maximum atomic E-state index is 6.39. The molecular formula is C24H17N3O2. The third-order valence-corrected chi connectivity index (χ3v) is 4.73. The first-order valence-corrected chi connectivity index (χ1v) is 9.23. The number of benzene rings is 2. The van der Waals surface area contributed by atoms with E-state index in [1.165, 1.54) is 0 Å². The highest BCUT2D eigenvalue weighted by molar-refractivity contribution is 5.87. The predicted molar refractivity (Wildman–Crippen MR) is 113 cm³/mol. The molecule has 0 aliphatic heterocycles. The van der Waals surface area contributed by atoms with E-state index in [-0.39, 0.29) is 0 Å². The minimum absolute atomic E-state index is 0.667. The molecule has 0 radical (unpaired) electrons. The molecule has 0 aliphatic rings. The summed E-state index contributed by atoms with van der Waals surface area (Å²) < 4.78 is 11.7. The highest BCUT2D eigenvalue weighted by atomic mass is 16.5. The maximum Gasteiger partial charge on any atom is 0.160 e. The predicted octanol–water partition coefficient (Wildman–Crippen LogP) is 5.65. The molecule has 0 aliphatic carbocycles. The lowest BCUT2D eigenvalue weighted by molar-refractivity contribution is 0.415. The highest BCUT2D eigenvalue weighted by Crippen LogP contribution is 2.37. The van der Waals surface area contributed by atoms with Crippen LogP contribution in [0.5, 0.6) is 17.2 Å². The Kier molecular flexibility index (Phi) is 4.26. The molecule has 0 saturated carbocycles. The second-order valence-electron chi connectivity index (χ2n) is 6.55. The van der Waals surface area contributed by atoms with Gasteiger partial charge in [0.05, 0.1) is 12.6 Å². The van der Waals surface area contributed by atoms with Crippen LogP contribution in [0.3, 0.4) is 0 Å². The Morgan fingerprint density at radius 3 is 2.52 bits per heavy atom. The van der Waals surface area contributed by atoms with Crippen LogP contribution in [-0.2, 0) is 0 Å². The molecule has 5 nitrogen and oxygen atoms in total. The number of fused-ring (bicyclic) bond motifs is 2. The lowest BCUT2D eigenvalue weighted by Gasteiger charge is -2.13. The third kappa shape index (κ3) is 3.23. The zero-order chi connectivity index (χ0) is 19.6. The summed E-state index contributed by atoms with van der Waals surface area (Å²) in [7, 11) is 1.64. The largest absolute Gasteiger partial charge is 0.497 e. The van der Waals surface area contributed by atoms with Crippen molar-refractivity contribution in [3.05, 3.63) is 85.2 Å². The zero-order valence-electron chi connectivity index (χ0n) is 15.7. The Morgan fingerprint density at radius 1 is 0.759 bits per heavy atom. The van der Waals surface area contributed by atoms with Crippen molar-refractivity contribution in [2.45, 2.75) is 0 Å². The lowest BCUT2D eigenvalue weighted by atomic mass is 10.1. The van der Waals surface area contributed by atoms with Crippen molar-refractivity contribution in [3.8, 4) is 28.5 Å². The number of hydrogen-bond acceptors (Lipinski definition) is 5. The molecule has 140 valence electrons. The van der Waals surface area contributed by atoms with E-state index in [1.54, 1.807) is 19.5 Å². The summed E-state index contributed by atoms with van der Waals surface area (Å²) in [6.07, 6.45) is 3.48. The number of aromatic nitrogens is 3. The fourth-order valence-electron chi connectivity index (χ4n) is 3.30. The number of ether oxygens (including phenoxy) is 2. The molecule has 0 spiro atoms. The van der Waals surface area contributed by atoms with Crippen molar-refractivity contribution in [2.75, 3.05) is 7.11 Å². The molecule has 0 N–H and O–H groups in total. The van der Waals surface area contributed by atoms with Crippen LogP contribution >= 0.6 is 0 Å². The average molecular weight is 379 g/mol.